The summed E-state index contributed by atoms with van der Waals surface area (Å²) in [6.45, 7) is 10.7. The van der Waals surface area contributed by atoms with Gasteiger partial charge in [0.25, 0.3) is 0 Å². The molecule has 0 aromatic heterocycles. The summed E-state index contributed by atoms with van der Waals surface area (Å²) in [5.74, 6) is 1.59. The van der Waals surface area contributed by atoms with Gasteiger partial charge in [0.15, 0.2) is 0 Å². The van der Waals surface area contributed by atoms with E-state index in [1.807, 2.05) is 0 Å². The molecule has 1 aliphatic heterocycles. The summed E-state index contributed by atoms with van der Waals surface area (Å²) in [7, 11) is 2.25. The molecule has 1 nitrogen and oxygen atoms in total. The molecule has 1 heterocycles. The Hall–Kier alpha value is -0.0400. The van der Waals surface area contributed by atoms with Gasteiger partial charge in [-0.2, -0.15) is 0 Å². The van der Waals surface area contributed by atoms with Crippen LogP contribution in [0.15, 0.2) is 0 Å². The SMILES string of the molecule is CC(C)C1(C(C)C)CCN1C. The van der Waals surface area contributed by atoms with Gasteiger partial charge < -0.3 is 4.90 Å². The van der Waals surface area contributed by atoms with Gasteiger partial charge in [0, 0.05) is 12.1 Å². The average Bonchev–Trinajstić information content (AvgIpc) is 1.83. The Morgan fingerprint density at radius 2 is 1.55 bits per heavy atom. The first kappa shape index (κ1) is 9.05. The molecule has 1 heteroatoms. The van der Waals surface area contributed by atoms with E-state index in [2.05, 4.69) is 39.6 Å². The summed E-state index contributed by atoms with van der Waals surface area (Å²) >= 11 is 0. The van der Waals surface area contributed by atoms with E-state index < -0.39 is 0 Å². The van der Waals surface area contributed by atoms with Crippen LogP contribution in [0.1, 0.15) is 34.1 Å². The van der Waals surface area contributed by atoms with Crippen LogP contribution in [0.4, 0.5) is 0 Å². The van der Waals surface area contributed by atoms with E-state index in [1.165, 1.54) is 13.0 Å². The van der Waals surface area contributed by atoms with Crippen molar-refractivity contribution >= 4 is 0 Å². The van der Waals surface area contributed by atoms with Gasteiger partial charge in [0.05, 0.1) is 0 Å². The summed E-state index contributed by atoms with van der Waals surface area (Å²) in [6, 6.07) is 0. The fraction of sp³-hybridized carbons (Fsp3) is 1.00. The van der Waals surface area contributed by atoms with Crippen molar-refractivity contribution in [2.45, 2.75) is 39.7 Å². The van der Waals surface area contributed by atoms with Crippen molar-refractivity contribution in [2.24, 2.45) is 11.8 Å². The molecule has 0 amide bonds. The Morgan fingerprint density at radius 1 is 1.09 bits per heavy atom. The summed E-state index contributed by atoms with van der Waals surface area (Å²) in [5.41, 5.74) is 0.514. The van der Waals surface area contributed by atoms with Crippen molar-refractivity contribution in [1.82, 2.24) is 4.90 Å². The van der Waals surface area contributed by atoms with Gasteiger partial charge in [-0.15, -0.1) is 0 Å². The first-order chi connectivity index (χ1) is 5.01. The highest BCUT2D eigenvalue weighted by Crippen LogP contribution is 2.41. The third-order valence-electron chi connectivity index (χ3n) is 3.56. The molecule has 0 aliphatic carbocycles. The third-order valence-corrected chi connectivity index (χ3v) is 3.56. The zero-order chi connectivity index (χ0) is 8.65. The lowest BCUT2D eigenvalue weighted by Gasteiger charge is -2.57. The lowest BCUT2D eigenvalue weighted by atomic mass is 9.68. The van der Waals surface area contributed by atoms with Crippen molar-refractivity contribution in [3.63, 3.8) is 0 Å². The second-order valence-corrected chi connectivity index (χ2v) is 4.47. The Kier molecular flexibility index (Phi) is 2.29. The molecule has 0 unspecified atom stereocenters. The minimum absolute atomic E-state index is 0.514. The molecule has 0 N–H and O–H groups in total. The van der Waals surface area contributed by atoms with Crippen molar-refractivity contribution in [3.8, 4) is 0 Å². The summed E-state index contributed by atoms with van der Waals surface area (Å²) < 4.78 is 0. The van der Waals surface area contributed by atoms with Crippen LogP contribution in [-0.2, 0) is 0 Å². The Balaban J connectivity index is 2.73. The van der Waals surface area contributed by atoms with Crippen LogP contribution < -0.4 is 0 Å². The van der Waals surface area contributed by atoms with E-state index in [1.54, 1.807) is 0 Å². The third kappa shape index (κ3) is 1.10. The number of likely N-dealkylation sites (tertiary alicyclic amines) is 1. The van der Waals surface area contributed by atoms with Crippen LogP contribution >= 0.6 is 0 Å². The topological polar surface area (TPSA) is 3.24 Å². The van der Waals surface area contributed by atoms with Gasteiger partial charge in [-0.05, 0) is 25.3 Å². The zero-order valence-electron chi connectivity index (χ0n) is 8.52. The van der Waals surface area contributed by atoms with E-state index >= 15 is 0 Å². The first-order valence-corrected chi connectivity index (χ1v) is 4.73. The maximum Gasteiger partial charge on any atom is 0.0264 e. The standard InChI is InChI=1S/C10H21N/c1-8(2)10(9(3)4)6-7-11(10)5/h8-9H,6-7H2,1-5H3. The van der Waals surface area contributed by atoms with E-state index in [0.29, 0.717) is 5.54 Å². The van der Waals surface area contributed by atoms with Gasteiger partial charge in [-0.25, -0.2) is 0 Å². The van der Waals surface area contributed by atoms with Gasteiger partial charge >= 0.3 is 0 Å². The van der Waals surface area contributed by atoms with Gasteiger partial charge in [-0.3, -0.25) is 0 Å². The van der Waals surface area contributed by atoms with Crippen molar-refractivity contribution in [1.29, 1.82) is 0 Å². The molecule has 0 bridgehead atoms. The van der Waals surface area contributed by atoms with Crippen LogP contribution in [-0.4, -0.2) is 24.0 Å². The minimum Gasteiger partial charge on any atom is -0.300 e. The predicted octanol–water partition coefficient (Wildman–Crippen LogP) is 2.37. The molecular formula is C10H21N. The molecule has 0 spiro atoms. The summed E-state index contributed by atoms with van der Waals surface area (Å²) in [5, 5.41) is 0. The van der Waals surface area contributed by atoms with Crippen LogP contribution in [0, 0.1) is 11.8 Å². The monoisotopic (exact) mass is 155 g/mol. The van der Waals surface area contributed by atoms with E-state index in [-0.39, 0.29) is 0 Å². The maximum atomic E-state index is 2.52. The van der Waals surface area contributed by atoms with Crippen molar-refractivity contribution in [3.05, 3.63) is 0 Å². The molecule has 66 valence electrons. The lowest BCUT2D eigenvalue weighted by molar-refractivity contribution is -0.0643. The van der Waals surface area contributed by atoms with Crippen molar-refractivity contribution in [2.75, 3.05) is 13.6 Å². The molecule has 0 aromatic rings. The molecule has 1 rings (SSSR count). The largest absolute Gasteiger partial charge is 0.300 e. The summed E-state index contributed by atoms with van der Waals surface area (Å²) in [4.78, 5) is 2.52. The smallest absolute Gasteiger partial charge is 0.0264 e. The van der Waals surface area contributed by atoms with Gasteiger partial charge in [0.2, 0.25) is 0 Å². The fourth-order valence-corrected chi connectivity index (χ4v) is 2.72. The molecule has 0 aromatic carbocycles. The highest BCUT2D eigenvalue weighted by atomic mass is 15.2. The Labute approximate surface area is 70.8 Å². The molecule has 0 atom stereocenters. The van der Waals surface area contributed by atoms with Gasteiger partial charge in [0.1, 0.15) is 0 Å². The normalized spacial score (nSPS) is 24.3. The highest BCUT2D eigenvalue weighted by Gasteiger charge is 2.46. The van der Waals surface area contributed by atoms with Crippen LogP contribution in [0.25, 0.3) is 0 Å². The average molecular weight is 155 g/mol. The molecule has 1 saturated heterocycles. The first-order valence-electron chi connectivity index (χ1n) is 4.73. The molecular weight excluding hydrogens is 134 g/mol. The van der Waals surface area contributed by atoms with Crippen LogP contribution in [0.3, 0.4) is 0 Å². The fourth-order valence-electron chi connectivity index (χ4n) is 2.72. The number of rotatable bonds is 2. The summed E-state index contributed by atoms with van der Waals surface area (Å²) in [6.07, 6.45) is 1.39. The van der Waals surface area contributed by atoms with E-state index in [0.717, 1.165) is 11.8 Å². The molecule has 0 saturated carbocycles. The molecule has 11 heavy (non-hydrogen) atoms. The van der Waals surface area contributed by atoms with E-state index in [9.17, 15) is 0 Å². The van der Waals surface area contributed by atoms with Crippen LogP contribution in [0.2, 0.25) is 0 Å². The predicted molar refractivity (Wildman–Crippen MR) is 49.7 cm³/mol. The Bertz CT molecular complexity index is 121. The molecule has 1 aliphatic rings. The highest BCUT2D eigenvalue weighted by molar-refractivity contribution is 5.02. The molecule has 1 fully saturated rings. The second-order valence-electron chi connectivity index (χ2n) is 4.47. The second kappa shape index (κ2) is 2.78. The number of hydrogen-bond acceptors (Lipinski definition) is 1. The number of nitrogens with zero attached hydrogens (tertiary/aromatic N) is 1. The molecule has 0 radical (unpaired) electrons. The van der Waals surface area contributed by atoms with Crippen LogP contribution in [0.5, 0.6) is 0 Å². The zero-order valence-corrected chi connectivity index (χ0v) is 8.52. The minimum atomic E-state index is 0.514. The van der Waals surface area contributed by atoms with E-state index in [4.69, 9.17) is 0 Å². The van der Waals surface area contributed by atoms with Gasteiger partial charge in [-0.1, -0.05) is 27.7 Å². The maximum absolute atomic E-state index is 2.52. The van der Waals surface area contributed by atoms with Crippen molar-refractivity contribution < 1.29 is 0 Å². The lowest BCUT2D eigenvalue weighted by Crippen LogP contribution is -2.64. The Morgan fingerprint density at radius 3 is 1.55 bits per heavy atom. The number of hydrogen-bond donors (Lipinski definition) is 0. The quantitative estimate of drug-likeness (QED) is 0.592.